The van der Waals surface area contributed by atoms with Crippen molar-refractivity contribution in [3.05, 3.63) is 18.2 Å². The van der Waals surface area contributed by atoms with Crippen molar-refractivity contribution in [1.82, 2.24) is 9.55 Å². The Morgan fingerprint density at radius 3 is 2.50 bits per heavy atom. The molecule has 0 N–H and O–H groups in total. The summed E-state index contributed by atoms with van der Waals surface area (Å²) in [7, 11) is 0. The number of hydrogen-bond acceptors (Lipinski definition) is 1. The first kappa shape index (κ1) is 9.30. The van der Waals surface area contributed by atoms with Crippen LogP contribution in [0, 0.1) is 12.8 Å². The fourth-order valence-corrected chi connectivity index (χ4v) is 1.73. The van der Waals surface area contributed by atoms with Gasteiger partial charge in [-0.2, -0.15) is 0 Å². The van der Waals surface area contributed by atoms with Crippen LogP contribution in [0.3, 0.4) is 0 Å². The molecule has 0 fully saturated rings. The van der Waals surface area contributed by atoms with Crippen LogP contribution < -0.4 is 0 Å². The first-order valence-electron chi connectivity index (χ1n) is 4.66. The Labute approximate surface area is 74.6 Å². The molecule has 68 valence electrons. The number of imidazole rings is 1. The second-order valence-electron chi connectivity index (χ2n) is 3.60. The van der Waals surface area contributed by atoms with Crippen molar-refractivity contribution in [3.63, 3.8) is 0 Å². The van der Waals surface area contributed by atoms with Gasteiger partial charge in [0.05, 0.1) is 0 Å². The monoisotopic (exact) mass is 166 g/mol. The minimum atomic E-state index is 0.604. The highest BCUT2D eigenvalue weighted by atomic mass is 15.1. The fourth-order valence-electron chi connectivity index (χ4n) is 1.73. The van der Waals surface area contributed by atoms with Gasteiger partial charge >= 0.3 is 0 Å². The Hall–Kier alpha value is -0.790. The van der Waals surface area contributed by atoms with Crippen LogP contribution in [0.15, 0.2) is 12.4 Å². The molecule has 0 aliphatic carbocycles. The van der Waals surface area contributed by atoms with Crippen molar-refractivity contribution in [3.8, 4) is 0 Å². The maximum absolute atomic E-state index is 4.23. The van der Waals surface area contributed by atoms with Gasteiger partial charge < -0.3 is 4.57 Å². The van der Waals surface area contributed by atoms with E-state index in [4.69, 9.17) is 0 Å². The van der Waals surface area contributed by atoms with Gasteiger partial charge in [0.1, 0.15) is 5.82 Å². The molecule has 1 rings (SSSR count). The molecule has 0 spiro atoms. The molecule has 0 saturated carbocycles. The molecular weight excluding hydrogens is 148 g/mol. The van der Waals surface area contributed by atoms with Gasteiger partial charge in [-0.05, 0) is 19.3 Å². The van der Waals surface area contributed by atoms with E-state index in [-0.39, 0.29) is 0 Å². The van der Waals surface area contributed by atoms with Gasteiger partial charge in [-0.15, -0.1) is 0 Å². The second kappa shape index (κ2) is 3.74. The third kappa shape index (κ3) is 1.68. The molecule has 2 nitrogen and oxygen atoms in total. The predicted octanol–water partition coefficient (Wildman–Crippen LogP) is 2.80. The molecular formula is C10H18N2. The molecule has 0 amide bonds. The van der Waals surface area contributed by atoms with Crippen LogP contribution in [0.5, 0.6) is 0 Å². The highest BCUT2D eigenvalue weighted by molar-refractivity contribution is 4.92. The van der Waals surface area contributed by atoms with E-state index in [1.165, 1.54) is 6.42 Å². The van der Waals surface area contributed by atoms with Gasteiger partial charge in [0.2, 0.25) is 0 Å². The van der Waals surface area contributed by atoms with E-state index >= 15 is 0 Å². The van der Waals surface area contributed by atoms with E-state index in [2.05, 4.69) is 43.4 Å². The average Bonchev–Trinajstić information content (AvgIpc) is 2.38. The summed E-state index contributed by atoms with van der Waals surface area (Å²) in [5, 5.41) is 0. The Morgan fingerprint density at radius 1 is 1.50 bits per heavy atom. The maximum atomic E-state index is 4.23. The van der Waals surface area contributed by atoms with E-state index in [0.29, 0.717) is 12.0 Å². The van der Waals surface area contributed by atoms with Crippen LogP contribution in [0.1, 0.15) is 39.1 Å². The highest BCUT2D eigenvalue weighted by Gasteiger charge is 2.13. The normalized spacial score (nSPS) is 13.8. The van der Waals surface area contributed by atoms with E-state index in [1.54, 1.807) is 0 Å². The number of hydrogen-bond donors (Lipinski definition) is 0. The lowest BCUT2D eigenvalue weighted by Crippen LogP contribution is -2.14. The van der Waals surface area contributed by atoms with Crippen molar-refractivity contribution < 1.29 is 0 Å². The smallest absolute Gasteiger partial charge is 0.105 e. The summed E-state index contributed by atoms with van der Waals surface area (Å²) in [6.07, 6.45) is 5.12. The summed E-state index contributed by atoms with van der Waals surface area (Å²) in [4.78, 5) is 4.23. The Bertz CT molecular complexity index is 238. The lowest BCUT2D eigenvalue weighted by atomic mass is 10.0. The minimum Gasteiger partial charge on any atom is -0.332 e. The summed E-state index contributed by atoms with van der Waals surface area (Å²) in [6, 6.07) is 0.604. The molecule has 1 unspecified atom stereocenters. The summed E-state index contributed by atoms with van der Waals surface area (Å²) >= 11 is 0. The molecule has 1 atom stereocenters. The standard InChI is InChI=1S/C10H18N2/c1-5-10(8(2)3)12-7-6-11-9(12)4/h6-8,10H,5H2,1-4H3. The van der Waals surface area contributed by atoms with Crippen LogP contribution >= 0.6 is 0 Å². The largest absolute Gasteiger partial charge is 0.332 e. The summed E-state index contributed by atoms with van der Waals surface area (Å²) in [6.45, 7) is 8.80. The Balaban J connectivity index is 2.87. The topological polar surface area (TPSA) is 17.8 Å². The van der Waals surface area contributed by atoms with Crippen LogP contribution in [-0.4, -0.2) is 9.55 Å². The van der Waals surface area contributed by atoms with Crippen molar-refractivity contribution >= 4 is 0 Å². The van der Waals surface area contributed by atoms with Gasteiger partial charge in [0, 0.05) is 18.4 Å². The van der Waals surface area contributed by atoms with Crippen molar-refractivity contribution in [1.29, 1.82) is 0 Å². The quantitative estimate of drug-likeness (QED) is 0.675. The average molecular weight is 166 g/mol. The fraction of sp³-hybridized carbons (Fsp3) is 0.700. The number of aryl methyl sites for hydroxylation is 1. The van der Waals surface area contributed by atoms with Gasteiger partial charge in [0.25, 0.3) is 0 Å². The lowest BCUT2D eigenvalue weighted by molar-refractivity contribution is 0.359. The molecule has 12 heavy (non-hydrogen) atoms. The summed E-state index contributed by atoms with van der Waals surface area (Å²) < 4.78 is 2.27. The zero-order valence-corrected chi connectivity index (χ0v) is 8.41. The second-order valence-corrected chi connectivity index (χ2v) is 3.60. The molecule has 1 aromatic rings. The third-order valence-corrected chi connectivity index (χ3v) is 2.41. The Kier molecular flexibility index (Phi) is 2.90. The van der Waals surface area contributed by atoms with E-state index < -0.39 is 0 Å². The molecule has 0 aliphatic rings. The number of aromatic nitrogens is 2. The van der Waals surface area contributed by atoms with Crippen LogP contribution in [0.4, 0.5) is 0 Å². The Morgan fingerprint density at radius 2 is 2.17 bits per heavy atom. The summed E-state index contributed by atoms with van der Waals surface area (Å²) in [5.74, 6) is 1.80. The molecule has 0 radical (unpaired) electrons. The first-order chi connectivity index (χ1) is 5.66. The van der Waals surface area contributed by atoms with E-state index in [1.807, 2.05) is 6.20 Å². The SMILES string of the molecule is CCC(C(C)C)n1ccnc1C. The van der Waals surface area contributed by atoms with Crippen LogP contribution in [0.2, 0.25) is 0 Å². The maximum Gasteiger partial charge on any atom is 0.105 e. The molecule has 0 bridgehead atoms. The van der Waals surface area contributed by atoms with E-state index in [0.717, 1.165) is 5.82 Å². The lowest BCUT2D eigenvalue weighted by Gasteiger charge is -2.21. The molecule has 0 saturated heterocycles. The molecule has 0 aromatic carbocycles. The summed E-state index contributed by atoms with van der Waals surface area (Å²) in [5.41, 5.74) is 0. The van der Waals surface area contributed by atoms with Gasteiger partial charge in [-0.3, -0.25) is 0 Å². The number of rotatable bonds is 3. The van der Waals surface area contributed by atoms with E-state index in [9.17, 15) is 0 Å². The van der Waals surface area contributed by atoms with Crippen molar-refractivity contribution in [2.45, 2.75) is 40.2 Å². The molecule has 1 heterocycles. The van der Waals surface area contributed by atoms with Crippen LogP contribution in [0.25, 0.3) is 0 Å². The van der Waals surface area contributed by atoms with Gasteiger partial charge in [-0.25, -0.2) is 4.98 Å². The van der Waals surface area contributed by atoms with Crippen molar-refractivity contribution in [2.24, 2.45) is 5.92 Å². The first-order valence-corrected chi connectivity index (χ1v) is 4.66. The van der Waals surface area contributed by atoms with Gasteiger partial charge in [0.15, 0.2) is 0 Å². The predicted molar refractivity (Wildman–Crippen MR) is 51.1 cm³/mol. The third-order valence-electron chi connectivity index (χ3n) is 2.41. The zero-order chi connectivity index (χ0) is 9.14. The zero-order valence-electron chi connectivity index (χ0n) is 8.41. The van der Waals surface area contributed by atoms with Crippen molar-refractivity contribution in [2.75, 3.05) is 0 Å². The van der Waals surface area contributed by atoms with Gasteiger partial charge in [-0.1, -0.05) is 20.8 Å². The van der Waals surface area contributed by atoms with Crippen LogP contribution in [-0.2, 0) is 0 Å². The highest BCUT2D eigenvalue weighted by Crippen LogP contribution is 2.21. The molecule has 0 aliphatic heterocycles. The molecule has 2 heteroatoms. The number of nitrogens with zero attached hydrogens (tertiary/aromatic N) is 2. The molecule has 1 aromatic heterocycles. The minimum absolute atomic E-state index is 0.604.